The zero-order valence-electron chi connectivity index (χ0n) is 5.49. The van der Waals surface area contributed by atoms with Crippen molar-refractivity contribution in [2.75, 3.05) is 6.61 Å². The average molecular weight is 145 g/mol. The maximum absolute atomic E-state index is 9.66. The summed E-state index contributed by atoms with van der Waals surface area (Å²) in [4.78, 5) is 4.11. The Labute approximate surface area is 58.9 Å². The van der Waals surface area contributed by atoms with Crippen LogP contribution in [0.5, 0.6) is 0 Å². The molecule has 1 N–H and O–H groups in total. The SMILES string of the molecule is N#CCCCCON([O-])O. The van der Waals surface area contributed by atoms with E-state index in [2.05, 4.69) is 4.84 Å². The number of nitriles is 1. The van der Waals surface area contributed by atoms with Crippen molar-refractivity contribution in [1.82, 2.24) is 5.39 Å². The minimum atomic E-state index is -0.577. The van der Waals surface area contributed by atoms with E-state index in [1.807, 2.05) is 6.07 Å². The molecule has 10 heavy (non-hydrogen) atoms. The van der Waals surface area contributed by atoms with Crippen molar-refractivity contribution in [2.45, 2.75) is 19.3 Å². The van der Waals surface area contributed by atoms with Crippen LogP contribution in [0.3, 0.4) is 0 Å². The predicted molar refractivity (Wildman–Crippen MR) is 32.4 cm³/mol. The van der Waals surface area contributed by atoms with Crippen molar-refractivity contribution in [3.8, 4) is 6.07 Å². The Balaban J connectivity index is 2.86. The lowest BCUT2D eigenvalue weighted by atomic mass is 10.3. The maximum Gasteiger partial charge on any atom is 0.0700 e. The lowest BCUT2D eigenvalue weighted by Gasteiger charge is -2.17. The van der Waals surface area contributed by atoms with Gasteiger partial charge in [0, 0.05) is 6.42 Å². The smallest absolute Gasteiger partial charge is 0.0700 e. The van der Waals surface area contributed by atoms with Crippen LogP contribution in [0.15, 0.2) is 0 Å². The summed E-state index contributed by atoms with van der Waals surface area (Å²) in [6, 6.07) is 1.95. The highest BCUT2D eigenvalue weighted by atomic mass is 17.1. The summed E-state index contributed by atoms with van der Waals surface area (Å²) in [6.45, 7) is 0.154. The molecule has 58 valence electrons. The van der Waals surface area contributed by atoms with Gasteiger partial charge >= 0.3 is 0 Å². The Morgan fingerprint density at radius 3 is 2.80 bits per heavy atom. The molecule has 0 radical (unpaired) electrons. The van der Waals surface area contributed by atoms with E-state index in [1.165, 1.54) is 0 Å². The topological polar surface area (TPSA) is 79.5 Å². The van der Waals surface area contributed by atoms with E-state index in [9.17, 15) is 5.21 Å². The fourth-order valence-corrected chi connectivity index (χ4v) is 0.449. The molecule has 5 nitrogen and oxygen atoms in total. The van der Waals surface area contributed by atoms with Crippen molar-refractivity contribution in [1.29, 1.82) is 5.26 Å². The number of rotatable bonds is 5. The van der Waals surface area contributed by atoms with Crippen molar-refractivity contribution in [3.63, 3.8) is 0 Å². The summed E-state index contributed by atoms with van der Waals surface area (Å²) < 4.78 is 0. The molecule has 0 aromatic carbocycles. The van der Waals surface area contributed by atoms with Gasteiger partial charge in [-0.15, -0.1) is 5.39 Å². The molecule has 0 amide bonds. The first kappa shape index (κ1) is 9.33. The molecule has 0 heterocycles. The molecular weight excluding hydrogens is 136 g/mol. The monoisotopic (exact) mass is 145 g/mol. The van der Waals surface area contributed by atoms with Gasteiger partial charge in [-0.2, -0.15) is 5.26 Å². The lowest BCUT2D eigenvalue weighted by Crippen LogP contribution is -2.11. The molecule has 0 unspecified atom stereocenters. The molecule has 0 fully saturated rings. The largest absolute Gasteiger partial charge is 0.738 e. The van der Waals surface area contributed by atoms with Gasteiger partial charge in [0.15, 0.2) is 0 Å². The van der Waals surface area contributed by atoms with E-state index in [0.717, 1.165) is 0 Å². The van der Waals surface area contributed by atoms with Crippen LogP contribution in [-0.4, -0.2) is 17.2 Å². The molecule has 0 bridgehead atoms. The Bertz CT molecular complexity index is 110. The molecule has 0 aliphatic carbocycles. The second kappa shape index (κ2) is 6.45. The van der Waals surface area contributed by atoms with E-state index >= 15 is 0 Å². The van der Waals surface area contributed by atoms with Crippen molar-refractivity contribution in [3.05, 3.63) is 5.21 Å². The van der Waals surface area contributed by atoms with Gasteiger partial charge in [-0.25, -0.2) is 0 Å². The second-order valence-corrected chi connectivity index (χ2v) is 1.69. The maximum atomic E-state index is 9.66. The fraction of sp³-hybridized carbons (Fsp3) is 0.800. The predicted octanol–water partition coefficient (Wildman–Crippen LogP) is 0.801. The van der Waals surface area contributed by atoms with Crippen molar-refractivity contribution >= 4 is 0 Å². The summed E-state index contributed by atoms with van der Waals surface area (Å²) >= 11 is 0. The van der Waals surface area contributed by atoms with Crippen LogP contribution in [0.25, 0.3) is 0 Å². The molecule has 0 aromatic heterocycles. The summed E-state index contributed by atoms with van der Waals surface area (Å²) in [7, 11) is 0. The molecule has 0 aliphatic heterocycles. The molecule has 0 aromatic rings. The third kappa shape index (κ3) is 7.33. The third-order valence-corrected chi connectivity index (χ3v) is 0.885. The third-order valence-electron chi connectivity index (χ3n) is 0.885. The first-order chi connectivity index (χ1) is 4.77. The normalized spacial score (nSPS) is 9.80. The van der Waals surface area contributed by atoms with E-state index in [0.29, 0.717) is 19.3 Å². The van der Waals surface area contributed by atoms with Crippen molar-refractivity contribution in [2.24, 2.45) is 0 Å². The summed E-state index contributed by atoms with van der Waals surface area (Å²) in [5.41, 5.74) is 0. The summed E-state index contributed by atoms with van der Waals surface area (Å²) in [5, 5.41) is 25.0. The first-order valence-electron chi connectivity index (χ1n) is 2.93. The number of nitrogens with zero attached hydrogens (tertiary/aromatic N) is 2. The molecule has 0 saturated carbocycles. The minimum Gasteiger partial charge on any atom is -0.738 e. The van der Waals surface area contributed by atoms with E-state index in [-0.39, 0.29) is 6.61 Å². The van der Waals surface area contributed by atoms with Gasteiger partial charge in [0.25, 0.3) is 0 Å². The summed E-state index contributed by atoms with van der Waals surface area (Å²) in [6.07, 6.45) is 1.74. The van der Waals surface area contributed by atoms with E-state index < -0.39 is 5.39 Å². The van der Waals surface area contributed by atoms with Crippen LogP contribution in [0.1, 0.15) is 19.3 Å². The highest BCUT2D eigenvalue weighted by Gasteiger charge is 1.87. The van der Waals surface area contributed by atoms with E-state index in [1.54, 1.807) is 0 Å². The fourth-order valence-electron chi connectivity index (χ4n) is 0.449. The van der Waals surface area contributed by atoms with Crippen LogP contribution in [0.2, 0.25) is 0 Å². The minimum absolute atomic E-state index is 0.154. The quantitative estimate of drug-likeness (QED) is 0.457. The Morgan fingerprint density at radius 1 is 1.60 bits per heavy atom. The molecule has 0 rings (SSSR count). The summed E-state index contributed by atoms with van der Waals surface area (Å²) in [5.74, 6) is 0. The zero-order valence-corrected chi connectivity index (χ0v) is 5.49. The number of unbranched alkanes of at least 4 members (excludes halogenated alkanes) is 2. The highest BCUT2D eigenvalue weighted by Crippen LogP contribution is 1.94. The standard InChI is InChI=1S/C5H9N2O3/c6-4-2-1-3-5-10-7(8)9/h8H,1-3,5H2/q-1. The van der Waals surface area contributed by atoms with Crippen LogP contribution >= 0.6 is 0 Å². The van der Waals surface area contributed by atoms with E-state index in [4.69, 9.17) is 10.5 Å². The Hall–Kier alpha value is -0.670. The van der Waals surface area contributed by atoms with Gasteiger partial charge in [0.1, 0.15) is 0 Å². The van der Waals surface area contributed by atoms with Crippen LogP contribution in [0, 0.1) is 16.5 Å². The van der Waals surface area contributed by atoms with Crippen LogP contribution in [-0.2, 0) is 4.84 Å². The van der Waals surface area contributed by atoms with Crippen molar-refractivity contribution < 1.29 is 10.0 Å². The molecule has 0 spiro atoms. The first-order valence-corrected chi connectivity index (χ1v) is 2.93. The molecule has 5 heteroatoms. The van der Waals surface area contributed by atoms with Crippen LogP contribution < -0.4 is 0 Å². The Kier molecular flexibility index (Phi) is 6.02. The van der Waals surface area contributed by atoms with Gasteiger partial charge in [-0.3, -0.25) is 4.84 Å². The van der Waals surface area contributed by atoms with Gasteiger partial charge in [0.2, 0.25) is 0 Å². The molecular formula is C5H9N2O3-. The lowest BCUT2D eigenvalue weighted by molar-refractivity contribution is -0.305. The van der Waals surface area contributed by atoms with Crippen LogP contribution in [0.4, 0.5) is 0 Å². The Morgan fingerprint density at radius 2 is 2.30 bits per heavy atom. The molecule has 0 atom stereocenters. The van der Waals surface area contributed by atoms with Gasteiger partial charge < -0.3 is 10.4 Å². The highest BCUT2D eigenvalue weighted by molar-refractivity contribution is 4.67. The molecule has 0 saturated heterocycles. The average Bonchev–Trinajstić information content (AvgIpc) is 1.87. The van der Waals surface area contributed by atoms with Gasteiger partial charge in [-0.05, 0) is 12.8 Å². The number of hydrogen-bond donors (Lipinski definition) is 1. The molecule has 0 aliphatic rings. The zero-order chi connectivity index (χ0) is 7.82. The second-order valence-electron chi connectivity index (χ2n) is 1.69. The van der Waals surface area contributed by atoms with Gasteiger partial charge in [0.05, 0.1) is 12.7 Å². The van der Waals surface area contributed by atoms with Gasteiger partial charge in [-0.1, -0.05) is 0 Å². The number of hydrogen-bond acceptors (Lipinski definition) is 5.